The molecule has 0 spiro atoms. The van der Waals surface area contributed by atoms with Gasteiger partial charge in [0.2, 0.25) is 5.91 Å². The molecule has 3 heteroatoms. The number of benzene rings is 1. The highest BCUT2D eigenvalue weighted by Gasteiger charge is 2.27. The van der Waals surface area contributed by atoms with Crippen LogP contribution in [0.3, 0.4) is 0 Å². The lowest BCUT2D eigenvalue weighted by Crippen LogP contribution is -2.31. The molecule has 0 aromatic heterocycles. The number of nitrogens with one attached hydrogen (secondary N) is 1. The first kappa shape index (κ1) is 13.1. The standard InChI is InChI=1S/C15H22N2O/c1-11-2-4-12(5-3-11)8-9-17-15(18)13-6-7-14(16)10-13/h2-5,13-14H,6-10,16H2,1H3,(H,17,18). The first-order valence-corrected chi connectivity index (χ1v) is 6.74. The Bertz CT molecular complexity index is 399. The van der Waals surface area contributed by atoms with Crippen molar-refractivity contribution in [2.75, 3.05) is 6.54 Å². The van der Waals surface area contributed by atoms with E-state index in [1.807, 2.05) is 0 Å². The van der Waals surface area contributed by atoms with Gasteiger partial charge in [-0.25, -0.2) is 0 Å². The van der Waals surface area contributed by atoms with E-state index in [0.29, 0.717) is 6.54 Å². The van der Waals surface area contributed by atoms with Crippen LogP contribution >= 0.6 is 0 Å². The zero-order valence-corrected chi connectivity index (χ0v) is 11.0. The number of carbonyl (C=O) groups excluding carboxylic acids is 1. The van der Waals surface area contributed by atoms with E-state index in [-0.39, 0.29) is 17.9 Å². The Labute approximate surface area is 109 Å². The van der Waals surface area contributed by atoms with Gasteiger partial charge in [-0.3, -0.25) is 4.79 Å². The van der Waals surface area contributed by atoms with E-state index in [1.165, 1.54) is 11.1 Å². The molecule has 0 saturated heterocycles. The van der Waals surface area contributed by atoms with Crippen LogP contribution in [0.2, 0.25) is 0 Å². The maximum Gasteiger partial charge on any atom is 0.223 e. The van der Waals surface area contributed by atoms with Crippen LogP contribution in [0.4, 0.5) is 0 Å². The van der Waals surface area contributed by atoms with Crippen molar-refractivity contribution >= 4 is 5.91 Å². The topological polar surface area (TPSA) is 55.1 Å². The van der Waals surface area contributed by atoms with Crippen LogP contribution in [-0.2, 0) is 11.2 Å². The monoisotopic (exact) mass is 246 g/mol. The molecule has 1 aliphatic rings. The number of nitrogens with two attached hydrogens (primary N) is 1. The van der Waals surface area contributed by atoms with Gasteiger partial charge in [0.15, 0.2) is 0 Å². The number of hydrogen-bond acceptors (Lipinski definition) is 2. The number of amides is 1. The summed E-state index contributed by atoms with van der Waals surface area (Å²) >= 11 is 0. The molecular formula is C15H22N2O. The van der Waals surface area contributed by atoms with Crippen molar-refractivity contribution in [2.45, 2.75) is 38.6 Å². The molecule has 0 aliphatic heterocycles. The molecule has 1 aromatic carbocycles. The number of hydrogen-bond donors (Lipinski definition) is 2. The van der Waals surface area contributed by atoms with E-state index in [0.717, 1.165) is 25.7 Å². The van der Waals surface area contributed by atoms with Gasteiger partial charge in [0.05, 0.1) is 0 Å². The minimum Gasteiger partial charge on any atom is -0.356 e. The Kier molecular flexibility index (Phi) is 4.37. The van der Waals surface area contributed by atoms with E-state index < -0.39 is 0 Å². The quantitative estimate of drug-likeness (QED) is 0.851. The number of rotatable bonds is 4. The van der Waals surface area contributed by atoms with E-state index in [4.69, 9.17) is 5.73 Å². The van der Waals surface area contributed by atoms with Crippen LogP contribution in [0.1, 0.15) is 30.4 Å². The summed E-state index contributed by atoms with van der Waals surface area (Å²) < 4.78 is 0. The second kappa shape index (κ2) is 6.01. The summed E-state index contributed by atoms with van der Waals surface area (Å²) in [5.74, 6) is 0.313. The smallest absolute Gasteiger partial charge is 0.223 e. The molecule has 0 bridgehead atoms. The molecule has 3 nitrogen and oxygen atoms in total. The zero-order chi connectivity index (χ0) is 13.0. The first-order valence-electron chi connectivity index (χ1n) is 6.74. The largest absolute Gasteiger partial charge is 0.356 e. The van der Waals surface area contributed by atoms with Crippen LogP contribution in [0.5, 0.6) is 0 Å². The lowest BCUT2D eigenvalue weighted by molar-refractivity contribution is -0.124. The Balaban J connectivity index is 1.72. The summed E-state index contributed by atoms with van der Waals surface area (Å²) in [7, 11) is 0. The lowest BCUT2D eigenvalue weighted by Gasteiger charge is -2.10. The van der Waals surface area contributed by atoms with Gasteiger partial charge in [-0.15, -0.1) is 0 Å². The Morgan fingerprint density at radius 3 is 2.67 bits per heavy atom. The fourth-order valence-corrected chi connectivity index (χ4v) is 2.48. The second-order valence-electron chi connectivity index (χ2n) is 5.30. The SMILES string of the molecule is Cc1ccc(CCNC(=O)C2CCC(N)C2)cc1. The first-order chi connectivity index (χ1) is 8.65. The summed E-state index contributed by atoms with van der Waals surface area (Å²) in [6, 6.07) is 8.66. The number of aryl methyl sites for hydroxylation is 1. The summed E-state index contributed by atoms with van der Waals surface area (Å²) in [6.45, 7) is 2.79. The molecular weight excluding hydrogens is 224 g/mol. The second-order valence-corrected chi connectivity index (χ2v) is 5.30. The molecule has 1 amide bonds. The molecule has 1 aliphatic carbocycles. The van der Waals surface area contributed by atoms with Crippen molar-refractivity contribution in [3.05, 3.63) is 35.4 Å². The normalized spacial score (nSPS) is 23.0. The van der Waals surface area contributed by atoms with Gasteiger partial charge in [0.1, 0.15) is 0 Å². The van der Waals surface area contributed by atoms with Crippen molar-refractivity contribution in [3.8, 4) is 0 Å². The Morgan fingerprint density at radius 2 is 2.06 bits per heavy atom. The number of carbonyl (C=O) groups is 1. The van der Waals surface area contributed by atoms with Crippen molar-refractivity contribution in [3.63, 3.8) is 0 Å². The van der Waals surface area contributed by atoms with Crippen molar-refractivity contribution < 1.29 is 4.79 Å². The predicted octanol–water partition coefficient (Wildman–Crippen LogP) is 1.78. The predicted molar refractivity (Wildman–Crippen MR) is 73.2 cm³/mol. The van der Waals surface area contributed by atoms with E-state index >= 15 is 0 Å². The fourth-order valence-electron chi connectivity index (χ4n) is 2.48. The molecule has 0 radical (unpaired) electrons. The maximum absolute atomic E-state index is 11.9. The van der Waals surface area contributed by atoms with Gasteiger partial charge in [-0.1, -0.05) is 29.8 Å². The summed E-state index contributed by atoms with van der Waals surface area (Å²) in [5.41, 5.74) is 8.35. The summed E-state index contributed by atoms with van der Waals surface area (Å²) in [4.78, 5) is 11.9. The van der Waals surface area contributed by atoms with E-state index in [9.17, 15) is 4.79 Å². The van der Waals surface area contributed by atoms with Crippen LogP contribution in [0.25, 0.3) is 0 Å². The highest BCUT2D eigenvalue weighted by molar-refractivity contribution is 5.79. The molecule has 1 saturated carbocycles. The summed E-state index contributed by atoms with van der Waals surface area (Å²) in [6.07, 6.45) is 3.66. The minimum absolute atomic E-state index is 0.137. The van der Waals surface area contributed by atoms with E-state index in [1.54, 1.807) is 0 Å². The Hall–Kier alpha value is -1.35. The highest BCUT2D eigenvalue weighted by atomic mass is 16.1. The van der Waals surface area contributed by atoms with Gasteiger partial charge >= 0.3 is 0 Å². The third-order valence-electron chi connectivity index (χ3n) is 3.68. The van der Waals surface area contributed by atoms with Crippen LogP contribution in [-0.4, -0.2) is 18.5 Å². The van der Waals surface area contributed by atoms with Gasteiger partial charge < -0.3 is 11.1 Å². The molecule has 98 valence electrons. The van der Waals surface area contributed by atoms with Gasteiger partial charge in [0, 0.05) is 18.5 Å². The Morgan fingerprint density at radius 1 is 1.33 bits per heavy atom. The van der Waals surface area contributed by atoms with Crippen molar-refractivity contribution in [2.24, 2.45) is 11.7 Å². The van der Waals surface area contributed by atoms with Crippen molar-refractivity contribution in [1.82, 2.24) is 5.32 Å². The fraction of sp³-hybridized carbons (Fsp3) is 0.533. The third-order valence-corrected chi connectivity index (χ3v) is 3.68. The van der Waals surface area contributed by atoms with Gasteiger partial charge in [0.25, 0.3) is 0 Å². The average Bonchev–Trinajstić information content (AvgIpc) is 2.78. The molecule has 2 rings (SSSR count). The van der Waals surface area contributed by atoms with Gasteiger partial charge in [-0.2, -0.15) is 0 Å². The zero-order valence-electron chi connectivity index (χ0n) is 11.0. The molecule has 3 N–H and O–H groups in total. The lowest BCUT2D eigenvalue weighted by atomic mass is 10.1. The van der Waals surface area contributed by atoms with Crippen molar-refractivity contribution in [1.29, 1.82) is 0 Å². The third kappa shape index (κ3) is 3.57. The van der Waals surface area contributed by atoms with Crippen LogP contribution in [0.15, 0.2) is 24.3 Å². The molecule has 0 heterocycles. The highest BCUT2D eigenvalue weighted by Crippen LogP contribution is 2.23. The average molecular weight is 246 g/mol. The molecule has 1 aromatic rings. The maximum atomic E-state index is 11.9. The molecule has 2 atom stereocenters. The van der Waals surface area contributed by atoms with E-state index in [2.05, 4.69) is 36.5 Å². The van der Waals surface area contributed by atoms with Crippen LogP contribution < -0.4 is 11.1 Å². The molecule has 1 fully saturated rings. The van der Waals surface area contributed by atoms with Crippen LogP contribution in [0, 0.1) is 12.8 Å². The molecule has 2 unspecified atom stereocenters. The minimum atomic E-state index is 0.137. The molecule has 18 heavy (non-hydrogen) atoms. The summed E-state index contributed by atoms with van der Waals surface area (Å²) in [5, 5.41) is 3.01. The van der Waals surface area contributed by atoms with Gasteiger partial charge in [-0.05, 0) is 38.2 Å².